The summed E-state index contributed by atoms with van der Waals surface area (Å²) in [6.07, 6.45) is 1.65. The zero-order valence-corrected chi connectivity index (χ0v) is 29.5. The Morgan fingerprint density at radius 1 is 0.886 bits per heavy atom. The largest absolute Gasteiger partial charge is 0.507 e. The Morgan fingerprint density at radius 2 is 1.57 bits per heavy atom. The molecule has 0 unspecified atom stereocenters. The summed E-state index contributed by atoms with van der Waals surface area (Å²) in [7, 11) is 0. The number of ketones is 1. The number of carbonyl (C=O) groups excluding carboxylic acids is 2. The van der Waals surface area contributed by atoms with Crippen LogP contribution in [-0.4, -0.2) is 44.5 Å². The summed E-state index contributed by atoms with van der Waals surface area (Å²) in [4.78, 5) is 39.1. The van der Waals surface area contributed by atoms with E-state index in [1.807, 2.05) is 72.8 Å². The van der Waals surface area contributed by atoms with Crippen LogP contribution in [0.2, 0.25) is 0 Å². The topological polar surface area (TPSA) is 105 Å². The lowest BCUT2D eigenvalue weighted by molar-refractivity contribution is -0.113. The molecule has 4 aromatic carbocycles. The summed E-state index contributed by atoms with van der Waals surface area (Å²) in [5.74, 6) is 0.627. The van der Waals surface area contributed by atoms with Crippen LogP contribution in [0.4, 0.5) is 11.4 Å². The molecule has 0 saturated heterocycles. The molecule has 0 aliphatic heterocycles. The number of thiazole rings is 2. The molecule has 0 radical (unpaired) electrons. The van der Waals surface area contributed by atoms with Crippen LogP contribution >= 0.6 is 84.7 Å². The number of rotatable bonds is 10. The highest BCUT2D eigenvalue weighted by Crippen LogP contribution is 2.34. The van der Waals surface area contributed by atoms with Crippen LogP contribution < -0.4 is 5.32 Å². The van der Waals surface area contributed by atoms with E-state index in [1.54, 1.807) is 12.3 Å². The van der Waals surface area contributed by atoms with Gasteiger partial charge >= 0.3 is 0 Å². The number of aliphatic imine (C=N–C) groups is 1. The number of nitrogens with zero attached hydrogens (tertiary/aromatic N) is 3. The van der Waals surface area contributed by atoms with Crippen molar-refractivity contribution in [3.63, 3.8) is 0 Å². The summed E-state index contributed by atoms with van der Waals surface area (Å²) in [5.41, 5.74) is 4.45. The summed E-state index contributed by atoms with van der Waals surface area (Å²) in [6, 6.07) is 24.0. The van der Waals surface area contributed by atoms with Crippen molar-refractivity contribution >= 4 is 134 Å². The van der Waals surface area contributed by atoms with Crippen molar-refractivity contribution in [3.8, 4) is 5.75 Å². The van der Waals surface area contributed by atoms with Gasteiger partial charge in [-0.1, -0.05) is 51.6 Å². The first-order valence-corrected chi connectivity index (χ1v) is 18.4. The summed E-state index contributed by atoms with van der Waals surface area (Å²) in [6.45, 7) is 0. The molecule has 2 heterocycles. The molecule has 7 nitrogen and oxygen atoms in total. The van der Waals surface area contributed by atoms with E-state index in [4.69, 9.17) is 0 Å². The fourth-order valence-corrected chi connectivity index (χ4v) is 8.70. The molecule has 6 rings (SSSR count). The molecule has 0 spiro atoms. The number of phenols is 1. The Morgan fingerprint density at radius 3 is 2.32 bits per heavy atom. The summed E-state index contributed by atoms with van der Waals surface area (Å²) in [5, 5.41) is 13.0. The van der Waals surface area contributed by atoms with Crippen LogP contribution in [-0.2, 0) is 4.79 Å². The third kappa shape index (κ3) is 7.87. The monoisotopic (exact) mass is 830 g/mol. The standard InChI is InChI=1S/C31H20BrIN4O3S4/c32-19-3-1-17(2-4-19)26(39)15-41-30-36-24-9-7-22(13-28(24)44-30)35-29(40)16-42-31-37-23-8-6-21(12-27(23)43-31)34-14-18-11-20(33)5-10-25(18)38/h1-14,38H,15-16H2,(H,35,40). The van der Waals surface area contributed by atoms with Gasteiger partial charge in [0.2, 0.25) is 5.91 Å². The van der Waals surface area contributed by atoms with Crippen LogP contribution in [0.15, 0.2) is 97.0 Å². The zero-order valence-electron chi connectivity index (χ0n) is 22.5. The predicted molar refractivity (Wildman–Crippen MR) is 196 cm³/mol. The number of nitrogens with one attached hydrogen (secondary N) is 1. The Bertz CT molecular complexity index is 2050. The van der Waals surface area contributed by atoms with Gasteiger partial charge in [0.25, 0.3) is 0 Å². The van der Waals surface area contributed by atoms with Crippen LogP contribution in [0.1, 0.15) is 15.9 Å². The van der Waals surface area contributed by atoms with E-state index < -0.39 is 0 Å². The number of phenolic OH excluding ortho intramolecular Hbond substituents is 1. The van der Waals surface area contributed by atoms with Crippen molar-refractivity contribution in [2.45, 2.75) is 8.68 Å². The second-order valence-corrected chi connectivity index (χ2v) is 16.0. The number of benzene rings is 4. The third-order valence-corrected chi connectivity index (χ3v) is 11.7. The number of carbonyl (C=O) groups is 2. The number of anilines is 1. The van der Waals surface area contributed by atoms with Gasteiger partial charge in [0.05, 0.1) is 37.6 Å². The van der Waals surface area contributed by atoms with Gasteiger partial charge in [-0.2, -0.15) is 0 Å². The molecule has 0 saturated carbocycles. The average Bonchev–Trinajstić information content (AvgIpc) is 3.62. The molecule has 0 fully saturated rings. The minimum atomic E-state index is -0.129. The molecule has 44 heavy (non-hydrogen) atoms. The van der Waals surface area contributed by atoms with Gasteiger partial charge in [0.1, 0.15) is 5.75 Å². The fourth-order valence-electron chi connectivity index (χ4n) is 4.02. The van der Waals surface area contributed by atoms with E-state index in [0.29, 0.717) is 22.6 Å². The van der Waals surface area contributed by atoms with E-state index in [-0.39, 0.29) is 23.2 Å². The molecule has 13 heteroatoms. The molecule has 0 bridgehead atoms. The number of aromatic hydroxyl groups is 1. The van der Waals surface area contributed by atoms with Gasteiger partial charge in [0, 0.05) is 31.1 Å². The number of halogens is 2. The van der Waals surface area contributed by atoms with Gasteiger partial charge in [-0.25, -0.2) is 9.97 Å². The fraction of sp³-hybridized carbons (Fsp3) is 0.0645. The van der Waals surface area contributed by atoms with Crippen molar-refractivity contribution < 1.29 is 14.7 Å². The number of hydrogen-bond donors (Lipinski definition) is 2. The molecule has 0 atom stereocenters. The van der Waals surface area contributed by atoms with Gasteiger partial charge in [0.15, 0.2) is 14.5 Å². The van der Waals surface area contributed by atoms with E-state index in [2.05, 4.69) is 58.8 Å². The smallest absolute Gasteiger partial charge is 0.234 e. The van der Waals surface area contributed by atoms with Crippen LogP contribution in [0, 0.1) is 3.57 Å². The molecule has 1 amide bonds. The second kappa shape index (κ2) is 14.1. The minimum absolute atomic E-state index is 0.0494. The Kier molecular flexibility index (Phi) is 9.98. The normalized spacial score (nSPS) is 11.5. The lowest BCUT2D eigenvalue weighted by Gasteiger charge is -2.03. The highest BCUT2D eigenvalue weighted by Gasteiger charge is 2.13. The minimum Gasteiger partial charge on any atom is -0.507 e. The van der Waals surface area contributed by atoms with Gasteiger partial charge in [-0.15, -0.1) is 22.7 Å². The van der Waals surface area contributed by atoms with Crippen LogP contribution in [0.5, 0.6) is 5.75 Å². The van der Waals surface area contributed by atoms with E-state index >= 15 is 0 Å². The van der Waals surface area contributed by atoms with Gasteiger partial charge in [-0.05, 0) is 89.3 Å². The highest BCUT2D eigenvalue weighted by molar-refractivity contribution is 14.1. The first-order chi connectivity index (χ1) is 21.3. The third-order valence-electron chi connectivity index (χ3n) is 6.17. The quantitative estimate of drug-likeness (QED) is 0.0614. The maximum absolute atomic E-state index is 12.7. The maximum Gasteiger partial charge on any atom is 0.234 e. The van der Waals surface area contributed by atoms with Gasteiger partial charge in [-0.3, -0.25) is 14.6 Å². The first-order valence-electron chi connectivity index (χ1n) is 13.0. The van der Waals surface area contributed by atoms with E-state index in [9.17, 15) is 14.7 Å². The van der Waals surface area contributed by atoms with Crippen molar-refractivity contribution in [3.05, 3.63) is 98.0 Å². The number of Topliss-reactive ketones (excluding diaryl/α,β-unsaturated/α-hetero) is 1. The number of amides is 1. The van der Waals surface area contributed by atoms with Crippen LogP contribution in [0.3, 0.4) is 0 Å². The van der Waals surface area contributed by atoms with Gasteiger partial charge < -0.3 is 10.4 Å². The first kappa shape index (κ1) is 31.2. The molecule has 2 aromatic heterocycles. The lowest BCUT2D eigenvalue weighted by Crippen LogP contribution is -2.13. The second-order valence-electron chi connectivity index (χ2n) is 9.31. The lowest BCUT2D eigenvalue weighted by atomic mass is 10.2. The zero-order chi connectivity index (χ0) is 30.6. The van der Waals surface area contributed by atoms with Crippen molar-refractivity contribution in [1.29, 1.82) is 0 Å². The molecule has 0 aliphatic rings. The molecular formula is C31H20BrIN4O3S4. The molecule has 6 aromatic rings. The Labute approximate surface area is 290 Å². The average molecular weight is 832 g/mol. The Hall–Kier alpha value is -2.82. The van der Waals surface area contributed by atoms with Crippen molar-refractivity contribution in [2.75, 3.05) is 16.8 Å². The number of thioether (sulfide) groups is 2. The predicted octanol–water partition coefficient (Wildman–Crippen LogP) is 9.44. The number of hydrogen-bond acceptors (Lipinski definition) is 10. The number of fused-ring (bicyclic) bond motifs is 2. The highest BCUT2D eigenvalue weighted by atomic mass is 127. The maximum atomic E-state index is 12.7. The van der Waals surface area contributed by atoms with E-state index in [0.717, 1.165) is 42.8 Å². The molecule has 220 valence electrons. The summed E-state index contributed by atoms with van der Waals surface area (Å²) >= 11 is 11.4. The SMILES string of the molecule is O=C(CSc1nc2ccc(N=Cc3cc(I)ccc3O)cc2s1)Nc1ccc2nc(SCC(=O)c3ccc(Br)cc3)sc2c1. The van der Waals surface area contributed by atoms with Crippen molar-refractivity contribution in [2.24, 2.45) is 4.99 Å². The Balaban J connectivity index is 1.04. The summed E-state index contributed by atoms with van der Waals surface area (Å²) < 4.78 is 5.46. The molecule has 2 N–H and O–H groups in total. The van der Waals surface area contributed by atoms with E-state index in [1.165, 1.54) is 46.2 Å². The molecule has 0 aliphatic carbocycles. The van der Waals surface area contributed by atoms with Crippen LogP contribution in [0.25, 0.3) is 20.4 Å². The molecular weight excluding hydrogens is 811 g/mol. The number of aromatic nitrogens is 2. The van der Waals surface area contributed by atoms with Crippen molar-refractivity contribution in [1.82, 2.24) is 9.97 Å².